The first-order valence-corrected chi connectivity index (χ1v) is 7.77. The number of carbonyl (C=O) groups excluding carboxylic acids is 1. The first-order chi connectivity index (χ1) is 11.8. The molecular formula is C17H16N4O3. The van der Waals surface area contributed by atoms with E-state index in [-0.39, 0.29) is 5.91 Å². The number of fused-ring (bicyclic) bond motifs is 1. The van der Waals surface area contributed by atoms with Gasteiger partial charge in [0.2, 0.25) is 5.82 Å². The molecule has 0 radical (unpaired) electrons. The monoisotopic (exact) mass is 324 g/mol. The molecule has 1 atom stereocenters. The number of nitrogens with zero attached hydrogens (tertiary/aromatic N) is 2. The van der Waals surface area contributed by atoms with Crippen LogP contribution in [0.3, 0.4) is 0 Å². The summed E-state index contributed by atoms with van der Waals surface area (Å²) < 4.78 is 10.9. The van der Waals surface area contributed by atoms with E-state index in [0.29, 0.717) is 36.8 Å². The fraction of sp³-hybridized carbons (Fsp3) is 0.235. The molecule has 1 aliphatic heterocycles. The first kappa shape index (κ1) is 14.5. The second-order valence-electron chi connectivity index (χ2n) is 5.54. The summed E-state index contributed by atoms with van der Waals surface area (Å²) in [6.07, 6.45) is 2.27. The Hall–Kier alpha value is -3.09. The SMILES string of the molecule is O=C(NCCc1nc(-c2ccco2)n[nH]1)C1Cc2ccccc2O1. The first-order valence-electron chi connectivity index (χ1n) is 7.77. The Morgan fingerprint density at radius 1 is 1.29 bits per heavy atom. The molecule has 1 unspecified atom stereocenters. The minimum atomic E-state index is -0.462. The average molecular weight is 324 g/mol. The van der Waals surface area contributed by atoms with Crippen molar-refractivity contribution in [3.05, 3.63) is 54.0 Å². The summed E-state index contributed by atoms with van der Waals surface area (Å²) in [7, 11) is 0. The van der Waals surface area contributed by atoms with Crippen LogP contribution in [0.1, 0.15) is 11.4 Å². The molecule has 1 amide bonds. The Morgan fingerprint density at radius 2 is 2.21 bits per heavy atom. The maximum absolute atomic E-state index is 12.2. The lowest BCUT2D eigenvalue weighted by Gasteiger charge is -2.10. The second-order valence-corrected chi connectivity index (χ2v) is 5.54. The summed E-state index contributed by atoms with van der Waals surface area (Å²) in [4.78, 5) is 16.5. The highest BCUT2D eigenvalue weighted by Gasteiger charge is 2.28. The highest BCUT2D eigenvalue weighted by Crippen LogP contribution is 2.28. The number of hydrogen-bond donors (Lipinski definition) is 2. The molecule has 0 bridgehead atoms. The highest BCUT2D eigenvalue weighted by atomic mass is 16.5. The van der Waals surface area contributed by atoms with Crippen molar-refractivity contribution in [3.8, 4) is 17.3 Å². The van der Waals surface area contributed by atoms with Gasteiger partial charge in [-0.3, -0.25) is 9.89 Å². The van der Waals surface area contributed by atoms with Crippen LogP contribution in [0.5, 0.6) is 5.75 Å². The van der Waals surface area contributed by atoms with Gasteiger partial charge in [-0.2, -0.15) is 5.10 Å². The van der Waals surface area contributed by atoms with Gasteiger partial charge in [-0.25, -0.2) is 4.98 Å². The van der Waals surface area contributed by atoms with E-state index in [1.54, 1.807) is 18.4 Å². The lowest BCUT2D eigenvalue weighted by molar-refractivity contribution is -0.127. The number of aromatic nitrogens is 3. The molecule has 0 fully saturated rings. The van der Waals surface area contributed by atoms with E-state index in [0.717, 1.165) is 11.3 Å². The minimum Gasteiger partial charge on any atom is -0.480 e. The highest BCUT2D eigenvalue weighted by molar-refractivity contribution is 5.82. The zero-order valence-electron chi connectivity index (χ0n) is 12.9. The number of rotatable bonds is 5. The number of aromatic amines is 1. The molecule has 0 spiro atoms. The van der Waals surface area contributed by atoms with Gasteiger partial charge in [0.25, 0.3) is 5.91 Å². The van der Waals surface area contributed by atoms with E-state index in [4.69, 9.17) is 9.15 Å². The molecule has 3 aromatic rings. The summed E-state index contributed by atoms with van der Waals surface area (Å²) >= 11 is 0. The van der Waals surface area contributed by atoms with Gasteiger partial charge in [-0.1, -0.05) is 18.2 Å². The van der Waals surface area contributed by atoms with E-state index in [1.165, 1.54) is 0 Å². The molecule has 0 aliphatic carbocycles. The number of amides is 1. The smallest absolute Gasteiger partial charge is 0.261 e. The maximum Gasteiger partial charge on any atom is 0.261 e. The molecular weight excluding hydrogens is 308 g/mol. The molecule has 0 saturated carbocycles. The van der Waals surface area contributed by atoms with Crippen molar-refractivity contribution in [1.82, 2.24) is 20.5 Å². The molecule has 2 N–H and O–H groups in total. The Morgan fingerprint density at radius 3 is 3.04 bits per heavy atom. The fourth-order valence-electron chi connectivity index (χ4n) is 2.67. The summed E-state index contributed by atoms with van der Waals surface area (Å²) in [5.41, 5.74) is 1.07. The van der Waals surface area contributed by atoms with Gasteiger partial charge in [0.05, 0.1) is 6.26 Å². The van der Waals surface area contributed by atoms with Crippen molar-refractivity contribution in [3.63, 3.8) is 0 Å². The molecule has 1 aromatic carbocycles. The number of hydrogen-bond acceptors (Lipinski definition) is 5. The van der Waals surface area contributed by atoms with Crippen LogP contribution < -0.4 is 10.1 Å². The molecule has 1 aliphatic rings. The van der Waals surface area contributed by atoms with Crippen LogP contribution in [0.2, 0.25) is 0 Å². The Bertz CT molecular complexity index is 816. The normalized spacial score (nSPS) is 15.8. The van der Waals surface area contributed by atoms with Gasteiger partial charge >= 0.3 is 0 Å². The van der Waals surface area contributed by atoms with Crippen molar-refractivity contribution in [1.29, 1.82) is 0 Å². The zero-order valence-corrected chi connectivity index (χ0v) is 12.9. The van der Waals surface area contributed by atoms with Crippen LogP contribution in [0, 0.1) is 0 Å². The lowest BCUT2D eigenvalue weighted by Crippen LogP contribution is -2.38. The molecule has 0 saturated heterocycles. The van der Waals surface area contributed by atoms with Crippen LogP contribution in [0.25, 0.3) is 11.6 Å². The van der Waals surface area contributed by atoms with Crippen LogP contribution >= 0.6 is 0 Å². The molecule has 2 aromatic heterocycles. The summed E-state index contributed by atoms with van der Waals surface area (Å²) in [5, 5.41) is 9.82. The predicted molar refractivity (Wildman–Crippen MR) is 85.4 cm³/mol. The number of para-hydroxylation sites is 1. The summed E-state index contributed by atoms with van der Waals surface area (Å²) in [6, 6.07) is 11.3. The fourth-order valence-corrected chi connectivity index (χ4v) is 2.67. The van der Waals surface area contributed by atoms with Gasteiger partial charge in [0.1, 0.15) is 11.6 Å². The van der Waals surface area contributed by atoms with Gasteiger partial charge in [-0.15, -0.1) is 0 Å². The largest absolute Gasteiger partial charge is 0.480 e. The molecule has 4 rings (SSSR count). The van der Waals surface area contributed by atoms with Crippen LogP contribution in [0.4, 0.5) is 0 Å². The summed E-state index contributed by atoms with van der Waals surface area (Å²) in [6.45, 7) is 0.460. The van der Waals surface area contributed by atoms with Crippen molar-refractivity contribution >= 4 is 5.91 Å². The number of furan rings is 1. The third kappa shape index (κ3) is 2.88. The van der Waals surface area contributed by atoms with Crippen LogP contribution in [-0.2, 0) is 17.6 Å². The van der Waals surface area contributed by atoms with Crippen molar-refractivity contribution in [2.45, 2.75) is 18.9 Å². The van der Waals surface area contributed by atoms with Crippen molar-refractivity contribution in [2.24, 2.45) is 0 Å². The van der Waals surface area contributed by atoms with Crippen molar-refractivity contribution in [2.75, 3.05) is 6.54 Å². The van der Waals surface area contributed by atoms with E-state index < -0.39 is 6.10 Å². The average Bonchev–Trinajstić information content (AvgIpc) is 3.33. The van der Waals surface area contributed by atoms with Crippen LogP contribution in [-0.4, -0.2) is 33.7 Å². The molecule has 7 heteroatoms. The third-order valence-corrected chi connectivity index (χ3v) is 3.87. The number of nitrogens with one attached hydrogen (secondary N) is 2. The maximum atomic E-state index is 12.2. The lowest BCUT2D eigenvalue weighted by atomic mass is 10.1. The van der Waals surface area contributed by atoms with E-state index >= 15 is 0 Å². The van der Waals surface area contributed by atoms with E-state index in [9.17, 15) is 4.79 Å². The van der Waals surface area contributed by atoms with E-state index in [2.05, 4.69) is 20.5 Å². The van der Waals surface area contributed by atoms with Gasteiger partial charge < -0.3 is 14.5 Å². The Labute approximate surface area is 138 Å². The quantitative estimate of drug-likeness (QED) is 0.745. The Balaban J connectivity index is 1.28. The van der Waals surface area contributed by atoms with Gasteiger partial charge in [0.15, 0.2) is 11.9 Å². The number of ether oxygens (including phenoxy) is 1. The standard InChI is InChI=1S/C17H16N4O3/c22-17(14-10-11-4-1-2-5-12(11)24-14)18-8-7-15-19-16(21-20-15)13-6-3-9-23-13/h1-6,9,14H,7-8,10H2,(H,18,22)(H,19,20,21). The minimum absolute atomic E-state index is 0.114. The molecule has 122 valence electrons. The number of benzene rings is 1. The molecule has 3 heterocycles. The van der Waals surface area contributed by atoms with Crippen molar-refractivity contribution < 1.29 is 13.9 Å². The molecule has 7 nitrogen and oxygen atoms in total. The Kier molecular flexibility index (Phi) is 3.74. The molecule has 24 heavy (non-hydrogen) atoms. The predicted octanol–water partition coefficient (Wildman–Crippen LogP) is 1.73. The second kappa shape index (κ2) is 6.19. The summed E-state index contributed by atoms with van der Waals surface area (Å²) in [5.74, 6) is 2.49. The van der Waals surface area contributed by atoms with Gasteiger partial charge in [0, 0.05) is 19.4 Å². The number of carbonyl (C=O) groups is 1. The van der Waals surface area contributed by atoms with Gasteiger partial charge in [-0.05, 0) is 23.8 Å². The number of H-pyrrole nitrogens is 1. The zero-order chi connectivity index (χ0) is 16.4. The van der Waals surface area contributed by atoms with E-state index in [1.807, 2.05) is 24.3 Å². The van der Waals surface area contributed by atoms with Crippen LogP contribution in [0.15, 0.2) is 47.1 Å². The third-order valence-electron chi connectivity index (χ3n) is 3.87. The topological polar surface area (TPSA) is 93.0 Å².